The highest BCUT2D eigenvalue weighted by Crippen LogP contribution is 2.20. The van der Waals surface area contributed by atoms with Crippen molar-refractivity contribution in [3.8, 4) is 0 Å². The van der Waals surface area contributed by atoms with Crippen LogP contribution in [0.5, 0.6) is 0 Å². The Bertz CT molecular complexity index is 372. The van der Waals surface area contributed by atoms with Gasteiger partial charge in [0.1, 0.15) is 0 Å². The predicted molar refractivity (Wildman–Crippen MR) is 65.7 cm³/mol. The number of carboxylic acid groups (broad SMARTS) is 1. The van der Waals surface area contributed by atoms with E-state index >= 15 is 0 Å². The largest absolute Gasteiger partial charge is 0.481 e. The molecule has 0 bridgehead atoms. The van der Waals surface area contributed by atoms with Crippen LogP contribution in [0.3, 0.4) is 0 Å². The molecule has 3 heteroatoms. The zero-order chi connectivity index (χ0) is 12.2. The first-order valence-electron chi connectivity index (χ1n) is 5.46. The molecule has 0 saturated heterocycles. The van der Waals surface area contributed by atoms with Gasteiger partial charge in [-0.2, -0.15) is 0 Å². The number of nitrogens with one attached hydrogen (secondary N) is 1. The average molecular weight is 221 g/mol. The van der Waals surface area contributed by atoms with Gasteiger partial charge in [-0.15, -0.1) is 0 Å². The van der Waals surface area contributed by atoms with Crippen molar-refractivity contribution >= 4 is 11.7 Å². The van der Waals surface area contributed by atoms with Crippen molar-refractivity contribution in [3.05, 3.63) is 29.8 Å². The van der Waals surface area contributed by atoms with E-state index in [1.54, 1.807) is 13.8 Å². The summed E-state index contributed by atoms with van der Waals surface area (Å²) in [6.45, 7) is 6.19. The maximum absolute atomic E-state index is 10.9. The SMILES string of the molecule is Cc1cccc(NCCC(C)(C)C(=O)O)c1. The normalized spacial score (nSPS) is 11.2. The first-order chi connectivity index (χ1) is 7.42. The molecule has 1 rings (SSSR count). The molecule has 0 atom stereocenters. The Balaban J connectivity index is 2.45. The lowest BCUT2D eigenvalue weighted by Gasteiger charge is -2.19. The molecule has 0 aliphatic heterocycles. The summed E-state index contributed by atoms with van der Waals surface area (Å²) >= 11 is 0. The molecule has 0 saturated carbocycles. The minimum Gasteiger partial charge on any atom is -0.481 e. The van der Waals surface area contributed by atoms with Gasteiger partial charge in [0.15, 0.2) is 0 Å². The Morgan fingerprint density at radius 1 is 1.44 bits per heavy atom. The first kappa shape index (κ1) is 12.6. The second kappa shape index (κ2) is 5.01. The topological polar surface area (TPSA) is 49.3 Å². The van der Waals surface area contributed by atoms with E-state index < -0.39 is 11.4 Å². The fourth-order valence-corrected chi connectivity index (χ4v) is 1.38. The van der Waals surface area contributed by atoms with Crippen LogP contribution in [-0.2, 0) is 4.79 Å². The summed E-state index contributed by atoms with van der Waals surface area (Å²) in [6.07, 6.45) is 0.607. The minimum atomic E-state index is -0.751. The van der Waals surface area contributed by atoms with Crippen molar-refractivity contribution in [1.29, 1.82) is 0 Å². The van der Waals surface area contributed by atoms with E-state index in [0.29, 0.717) is 13.0 Å². The number of carboxylic acids is 1. The second-order valence-corrected chi connectivity index (χ2v) is 4.74. The maximum Gasteiger partial charge on any atom is 0.309 e. The fraction of sp³-hybridized carbons (Fsp3) is 0.462. The summed E-state index contributed by atoms with van der Waals surface area (Å²) in [5, 5.41) is 12.2. The molecule has 0 fully saturated rings. The Labute approximate surface area is 96.5 Å². The molecule has 0 aliphatic rings. The molecule has 0 amide bonds. The number of anilines is 1. The van der Waals surface area contributed by atoms with Crippen LogP contribution in [0.4, 0.5) is 5.69 Å². The van der Waals surface area contributed by atoms with Crippen LogP contribution in [0.25, 0.3) is 0 Å². The zero-order valence-corrected chi connectivity index (χ0v) is 10.1. The van der Waals surface area contributed by atoms with Gasteiger partial charge < -0.3 is 10.4 Å². The molecule has 0 aliphatic carbocycles. The lowest BCUT2D eigenvalue weighted by Crippen LogP contribution is -2.26. The number of aliphatic carboxylic acids is 1. The number of hydrogen-bond donors (Lipinski definition) is 2. The van der Waals surface area contributed by atoms with E-state index in [1.807, 2.05) is 31.2 Å². The highest BCUT2D eigenvalue weighted by atomic mass is 16.4. The summed E-state index contributed by atoms with van der Waals surface area (Å²) in [7, 11) is 0. The van der Waals surface area contributed by atoms with Gasteiger partial charge in [-0.3, -0.25) is 4.79 Å². The van der Waals surface area contributed by atoms with Crippen molar-refractivity contribution in [3.63, 3.8) is 0 Å². The third kappa shape index (κ3) is 3.57. The summed E-state index contributed by atoms with van der Waals surface area (Å²) in [6, 6.07) is 8.06. The molecular weight excluding hydrogens is 202 g/mol. The minimum absolute atomic E-state index is 0.607. The molecule has 1 aromatic rings. The van der Waals surface area contributed by atoms with Crippen molar-refractivity contribution in [1.82, 2.24) is 0 Å². The van der Waals surface area contributed by atoms with E-state index in [-0.39, 0.29) is 0 Å². The van der Waals surface area contributed by atoms with Crippen molar-refractivity contribution in [2.75, 3.05) is 11.9 Å². The number of hydrogen-bond acceptors (Lipinski definition) is 2. The third-order valence-corrected chi connectivity index (χ3v) is 2.68. The van der Waals surface area contributed by atoms with Crippen LogP contribution in [-0.4, -0.2) is 17.6 Å². The van der Waals surface area contributed by atoms with E-state index in [4.69, 9.17) is 5.11 Å². The molecule has 0 unspecified atom stereocenters. The lowest BCUT2D eigenvalue weighted by atomic mass is 9.90. The van der Waals surface area contributed by atoms with Crippen LogP contribution >= 0.6 is 0 Å². The van der Waals surface area contributed by atoms with Crippen LogP contribution in [0.1, 0.15) is 25.8 Å². The molecule has 88 valence electrons. The quantitative estimate of drug-likeness (QED) is 0.803. The van der Waals surface area contributed by atoms with Gasteiger partial charge in [-0.05, 0) is 44.9 Å². The molecule has 2 N–H and O–H groups in total. The van der Waals surface area contributed by atoms with Crippen molar-refractivity contribution in [2.45, 2.75) is 27.2 Å². The molecule has 1 aromatic carbocycles. The highest BCUT2D eigenvalue weighted by molar-refractivity contribution is 5.73. The maximum atomic E-state index is 10.9. The summed E-state index contributed by atoms with van der Waals surface area (Å²) in [4.78, 5) is 10.9. The number of rotatable bonds is 5. The highest BCUT2D eigenvalue weighted by Gasteiger charge is 2.26. The van der Waals surface area contributed by atoms with E-state index in [1.165, 1.54) is 5.56 Å². The van der Waals surface area contributed by atoms with Crippen LogP contribution in [0.2, 0.25) is 0 Å². The predicted octanol–water partition coefficient (Wildman–Crippen LogP) is 2.91. The monoisotopic (exact) mass is 221 g/mol. The summed E-state index contributed by atoms with van der Waals surface area (Å²) < 4.78 is 0. The average Bonchev–Trinajstić information content (AvgIpc) is 2.17. The Kier molecular flexibility index (Phi) is 3.93. The number of carbonyl (C=O) groups is 1. The van der Waals surface area contributed by atoms with Crippen molar-refractivity contribution in [2.24, 2.45) is 5.41 Å². The van der Waals surface area contributed by atoms with Crippen LogP contribution in [0.15, 0.2) is 24.3 Å². The second-order valence-electron chi connectivity index (χ2n) is 4.74. The van der Waals surface area contributed by atoms with Gasteiger partial charge in [-0.1, -0.05) is 12.1 Å². The van der Waals surface area contributed by atoms with Crippen LogP contribution in [0, 0.1) is 12.3 Å². The lowest BCUT2D eigenvalue weighted by molar-refractivity contribution is -0.147. The van der Waals surface area contributed by atoms with E-state index in [9.17, 15) is 4.79 Å². The molecular formula is C13H19NO2. The molecule has 0 heterocycles. The van der Waals surface area contributed by atoms with Gasteiger partial charge in [0.25, 0.3) is 0 Å². The Morgan fingerprint density at radius 3 is 2.69 bits per heavy atom. The zero-order valence-electron chi connectivity index (χ0n) is 10.1. The standard InChI is InChI=1S/C13H19NO2/c1-10-5-4-6-11(9-10)14-8-7-13(2,3)12(15)16/h4-6,9,14H,7-8H2,1-3H3,(H,15,16). The van der Waals surface area contributed by atoms with Crippen LogP contribution < -0.4 is 5.32 Å². The van der Waals surface area contributed by atoms with Gasteiger partial charge in [0.2, 0.25) is 0 Å². The Morgan fingerprint density at radius 2 is 2.12 bits per heavy atom. The van der Waals surface area contributed by atoms with Gasteiger partial charge in [-0.25, -0.2) is 0 Å². The molecule has 0 aromatic heterocycles. The number of benzene rings is 1. The summed E-state index contributed by atoms with van der Waals surface area (Å²) in [5.41, 5.74) is 1.57. The third-order valence-electron chi connectivity index (χ3n) is 2.68. The van der Waals surface area contributed by atoms with E-state index in [0.717, 1.165) is 5.69 Å². The van der Waals surface area contributed by atoms with Gasteiger partial charge >= 0.3 is 5.97 Å². The van der Waals surface area contributed by atoms with E-state index in [2.05, 4.69) is 5.32 Å². The Hall–Kier alpha value is -1.51. The smallest absolute Gasteiger partial charge is 0.309 e. The molecule has 16 heavy (non-hydrogen) atoms. The summed E-state index contributed by atoms with van der Waals surface area (Å²) in [5.74, 6) is -0.751. The number of aryl methyl sites for hydroxylation is 1. The molecule has 3 nitrogen and oxygen atoms in total. The fourth-order valence-electron chi connectivity index (χ4n) is 1.38. The molecule has 0 spiro atoms. The van der Waals surface area contributed by atoms with Crippen molar-refractivity contribution < 1.29 is 9.90 Å². The first-order valence-corrected chi connectivity index (χ1v) is 5.46. The van der Waals surface area contributed by atoms with Gasteiger partial charge in [0.05, 0.1) is 5.41 Å². The van der Waals surface area contributed by atoms with Gasteiger partial charge in [0, 0.05) is 12.2 Å². The molecule has 0 radical (unpaired) electrons.